The molecule has 2 aliphatic rings. The molecule has 1 aliphatic carbocycles. The van der Waals surface area contributed by atoms with E-state index >= 15 is 0 Å². The highest BCUT2D eigenvalue weighted by Crippen LogP contribution is 2.35. The van der Waals surface area contributed by atoms with Gasteiger partial charge in [-0.25, -0.2) is 0 Å². The number of piperidine rings is 1. The van der Waals surface area contributed by atoms with Crippen LogP contribution < -0.4 is 10.0 Å². The molecule has 2 N–H and O–H groups in total. The summed E-state index contributed by atoms with van der Waals surface area (Å²) in [5, 5.41) is 3.34. The molecule has 0 aromatic carbocycles. The number of hydrogen-bond acceptors (Lipinski definition) is 3. The molecule has 2 rings (SSSR count). The fraction of sp³-hybridized carbons (Fsp3) is 1.00. The molecule has 0 unspecified atom stereocenters. The molecule has 1 heterocycles. The summed E-state index contributed by atoms with van der Waals surface area (Å²) in [6.45, 7) is 7.37. The molecule has 0 aromatic heterocycles. The van der Waals surface area contributed by atoms with Gasteiger partial charge < -0.3 is 5.32 Å². The zero-order valence-electron chi connectivity index (χ0n) is 11.4. The van der Waals surface area contributed by atoms with E-state index in [1.807, 2.05) is 6.92 Å². The maximum atomic E-state index is 12.2. The summed E-state index contributed by atoms with van der Waals surface area (Å²) in [7, 11) is -3.26. The van der Waals surface area contributed by atoms with E-state index in [0.717, 1.165) is 38.8 Å². The minimum absolute atomic E-state index is 0.167. The van der Waals surface area contributed by atoms with Gasteiger partial charge in [0.15, 0.2) is 0 Å². The Morgan fingerprint density at radius 2 is 1.89 bits per heavy atom. The van der Waals surface area contributed by atoms with Gasteiger partial charge in [0, 0.05) is 18.6 Å². The molecule has 2 fully saturated rings. The lowest BCUT2D eigenvalue weighted by Gasteiger charge is -2.32. The second-order valence-corrected chi connectivity index (χ2v) is 7.49. The van der Waals surface area contributed by atoms with E-state index in [4.69, 9.17) is 0 Å². The quantitative estimate of drug-likeness (QED) is 0.750. The maximum absolute atomic E-state index is 12.2. The number of nitrogens with zero attached hydrogens (tertiary/aromatic N) is 1. The van der Waals surface area contributed by atoms with Crippen LogP contribution in [0.4, 0.5) is 0 Å². The Morgan fingerprint density at radius 3 is 2.39 bits per heavy atom. The second-order valence-electron chi connectivity index (χ2n) is 5.82. The average Bonchev–Trinajstić information content (AvgIpc) is 3.03. The van der Waals surface area contributed by atoms with Crippen molar-refractivity contribution < 1.29 is 8.42 Å². The highest BCUT2D eigenvalue weighted by molar-refractivity contribution is 7.87. The SMILES string of the molecule is CCNCC1CCN(S(=O)(=O)NC2(C)CC2)CC1. The van der Waals surface area contributed by atoms with Crippen molar-refractivity contribution in [2.75, 3.05) is 26.2 Å². The van der Waals surface area contributed by atoms with Gasteiger partial charge in [0.2, 0.25) is 0 Å². The van der Waals surface area contributed by atoms with E-state index in [-0.39, 0.29) is 5.54 Å². The van der Waals surface area contributed by atoms with Gasteiger partial charge in [-0.1, -0.05) is 6.92 Å². The van der Waals surface area contributed by atoms with E-state index in [2.05, 4.69) is 17.0 Å². The van der Waals surface area contributed by atoms with E-state index in [9.17, 15) is 8.42 Å². The van der Waals surface area contributed by atoms with E-state index in [0.29, 0.717) is 19.0 Å². The predicted molar refractivity (Wildman–Crippen MR) is 72.5 cm³/mol. The zero-order chi connectivity index (χ0) is 13.2. The van der Waals surface area contributed by atoms with Gasteiger partial charge in [-0.05, 0) is 51.6 Å². The molecule has 1 saturated heterocycles. The van der Waals surface area contributed by atoms with Crippen LogP contribution in [0.5, 0.6) is 0 Å². The predicted octanol–water partition coefficient (Wildman–Crippen LogP) is 0.695. The van der Waals surface area contributed by atoms with Gasteiger partial charge in [0.25, 0.3) is 10.2 Å². The van der Waals surface area contributed by atoms with Gasteiger partial charge in [0.1, 0.15) is 0 Å². The Hall–Kier alpha value is -0.170. The summed E-state index contributed by atoms with van der Waals surface area (Å²) < 4.78 is 28.7. The Bertz CT molecular complexity index is 371. The first-order valence-electron chi connectivity index (χ1n) is 6.95. The van der Waals surface area contributed by atoms with Crippen molar-refractivity contribution >= 4 is 10.2 Å². The van der Waals surface area contributed by atoms with Gasteiger partial charge in [-0.2, -0.15) is 17.4 Å². The van der Waals surface area contributed by atoms with Crippen molar-refractivity contribution in [3.05, 3.63) is 0 Å². The highest BCUT2D eigenvalue weighted by atomic mass is 32.2. The smallest absolute Gasteiger partial charge is 0.279 e. The van der Waals surface area contributed by atoms with Gasteiger partial charge >= 0.3 is 0 Å². The van der Waals surface area contributed by atoms with Crippen LogP contribution in [0.1, 0.15) is 39.5 Å². The van der Waals surface area contributed by atoms with Crippen LogP contribution in [-0.4, -0.2) is 44.4 Å². The van der Waals surface area contributed by atoms with Crippen molar-refractivity contribution in [1.82, 2.24) is 14.3 Å². The monoisotopic (exact) mass is 275 g/mol. The molecule has 0 spiro atoms. The Morgan fingerprint density at radius 1 is 1.28 bits per heavy atom. The Kier molecular flexibility index (Phi) is 4.31. The molecule has 18 heavy (non-hydrogen) atoms. The Balaban J connectivity index is 1.81. The van der Waals surface area contributed by atoms with Crippen molar-refractivity contribution in [3.8, 4) is 0 Å². The van der Waals surface area contributed by atoms with E-state index in [1.165, 1.54) is 0 Å². The van der Waals surface area contributed by atoms with Crippen LogP contribution in [0.3, 0.4) is 0 Å². The summed E-state index contributed by atoms with van der Waals surface area (Å²) in [5.41, 5.74) is -0.167. The minimum Gasteiger partial charge on any atom is -0.317 e. The largest absolute Gasteiger partial charge is 0.317 e. The lowest BCUT2D eigenvalue weighted by atomic mass is 9.98. The molecular weight excluding hydrogens is 250 g/mol. The fourth-order valence-corrected chi connectivity index (χ4v) is 4.02. The molecule has 0 amide bonds. The first-order valence-corrected chi connectivity index (χ1v) is 8.39. The molecular formula is C12H25N3O2S. The van der Waals surface area contributed by atoms with Crippen LogP contribution in [0.2, 0.25) is 0 Å². The molecule has 5 nitrogen and oxygen atoms in total. The number of nitrogens with one attached hydrogen (secondary N) is 2. The summed E-state index contributed by atoms with van der Waals surface area (Å²) >= 11 is 0. The molecule has 0 aromatic rings. The molecule has 1 aliphatic heterocycles. The summed E-state index contributed by atoms with van der Waals surface area (Å²) in [5.74, 6) is 0.618. The van der Waals surface area contributed by atoms with E-state index in [1.54, 1.807) is 4.31 Å². The fourth-order valence-electron chi connectivity index (χ4n) is 2.37. The van der Waals surface area contributed by atoms with Crippen molar-refractivity contribution in [1.29, 1.82) is 0 Å². The average molecular weight is 275 g/mol. The van der Waals surface area contributed by atoms with Crippen LogP contribution in [0.25, 0.3) is 0 Å². The molecule has 1 saturated carbocycles. The standard InChI is InChI=1S/C12H25N3O2S/c1-3-13-10-11-4-8-15(9-5-11)18(16,17)14-12(2)6-7-12/h11,13-14H,3-10H2,1-2H3. The second kappa shape index (κ2) is 5.45. The summed E-state index contributed by atoms with van der Waals surface area (Å²) in [6, 6.07) is 0. The van der Waals surface area contributed by atoms with Gasteiger partial charge in [-0.15, -0.1) is 0 Å². The van der Waals surface area contributed by atoms with Crippen molar-refractivity contribution in [2.45, 2.75) is 45.1 Å². The normalized spacial score (nSPS) is 25.2. The third-order valence-corrected chi connectivity index (χ3v) is 5.77. The maximum Gasteiger partial charge on any atom is 0.279 e. The summed E-state index contributed by atoms with van der Waals surface area (Å²) in [6.07, 6.45) is 3.85. The lowest BCUT2D eigenvalue weighted by Crippen LogP contribution is -2.49. The van der Waals surface area contributed by atoms with Crippen molar-refractivity contribution in [3.63, 3.8) is 0 Å². The van der Waals surface area contributed by atoms with Crippen LogP contribution in [0.15, 0.2) is 0 Å². The van der Waals surface area contributed by atoms with E-state index < -0.39 is 10.2 Å². The third kappa shape index (κ3) is 3.66. The molecule has 0 atom stereocenters. The molecule has 106 valence electrons. The number of hydrogen-bond donors (Lipinski definition) is 2. The van der Waals surface area contributed by atoms with Gasteiger partial charge in [-0.3, -0.25) is 0 Å². The topological polar surface area (TPSA) is 61.4 Å². The Labute approximate surface area is 110 Å². The van der Waals surface area contributed by atoms with Crippen LogP contribution in [-0.2, 0) is 10.2 Å². The van der Waals surface area contributed by atoms with Crippen molar-refractivity contribution in [2.24, 2.45) is 5.92 Å². The first kappa shape index (κ1) is 14.2. The molecule has 6 heteroatoms. The zero-order valence-corrected chi connectivity index (χ0v) is 12.2. The molecule has 0 bridgehead atoms. The number of rotatable bonds is 6. The van der Waals surface area contributed by atoms with Crippen LogP contribution in [0, 0.1) is 5.92 Å². The third-order valence-electron chi connectivity index (χ3n) is 3.97. The highest BCUT2D eigenvalue weighted by Gasteiger charge is 2.42. The van der Waals surface area contributed by atoms with Gasteiger partial charge in [0.05, 0.1) is 0 Å². The first-order chi connectivity index (χ1) is 8.45. The molecule has 0 radical (unpaired) electrons. The minimum atomic E-state index is -3.26. The summed E-state index contributed by atoms with van der Waals surface area (Å²) in [4.78, 5) is 0. The van der Waals surface area contributed by atoms with Crippen LogP contribution >= 0.6 is 0 Å². The lowest BCUT2D eigenvalue weighted by molar-refractivity contribution is 0.264.